The average Bonchev–Trinajstić information content (AvgIpc) is 2.67. The molecule has 0 amide bonds. The number of rotatable bonds is 3. The molecule has 0 aliphatic rings. The van der Waals surface area contributed by atoms with Crippen LogP contribution in [0.1, 0.15) is 0 Å². The van der Waals surface area contributed by atoms with Crippen molar-refractivity contribution in [3.05, 3.63) is 91.0 Å². The van der Waals surface area contributed by atoms with Gasteiger partial charge in [-0.05, 0) is 0 Å². The molecule has 0 unspecified atom stereocenters. The van der Waals surface area contributed by atoms with Gasteiger partial charge in [-0.3, -0.25) is 0 Å². The Morgan fingerprint density at radius 3 is 0.957 bits per heavy atom. The first kappa shape index (κ1) is 15.0. The van der Waals surface area contributed by atoms with E-state index in [1.165, 1.54) is 0 Å². The van der Waals surface area contributed by atoms with E-state index in [1.807, 2.05) is 91.0 Å². The van der Waals surface area contributed by atoms with E-state index in [0.717, 1.165) is 15.9 Å². The molecule has 110 valence electrons. The molecule has 0 aliphatic heterocycles. The molecule has 0 spiro atoms. The molecule has 3 heteroatoms. The first-order valence-corrected chi connectivity index (χ1v) is 9.53. The van der Waals surface area contributed by atoms with Crippen molar-refractivity contribution >= 4 is 22.5 Å². The number of nitriles is 2. The van der Waals surface area contributed by atoms with E-state index in [0.29, 0.717) is 0 Å². The van der Waals surface area contributed by atoms with E-state index in [2.05, 4.69) is 11.6 Å². The standard InChI is InChI=1S/C20H15N2P/c21-16-23(17-22,18-10-4-1-5-11-18,19-12-6-2-7-13-19)20-14-8-3-9-15-20/h1-15H. The van der Waals surface area contributed by atoms with E-state index in [4.69, 9.17) is 0 Å². The van der Waals surface area contributed by atoms with Gasteiger partial charge in [-0.15, -0.1) is 0 Å². The third-order valence-corrected chi connectivity index (χ3v) is 9.01. The summed E-state index contributed by atoms with van der Waals surface area (Å²) in [6.07, 6.45) is 0. The Hall–Kier alpha value is -2.93. The summed E-state index contributed by atoms with van der Waals surface area (Å²) in [5, 5.41) is 23.1. The second-order valence-electron chi connectivity index (χ2n) is 5.32. The summed E-state index contributed by atoms with van der Waals surface area (Å²) in [7, 11) is 0. The fourth-order valence-corrected chi connectivity index (χ4v) is 6.93. The molecule has 3 aromatic rings. The van der Waals surface area contributed by atoms with Crippen LogP contribution in [0, 0.1) is 22.1 Å². The first-order valence-electron chi connectivity index (χ1n) is 7.30. The first-order chi connectivity index (χ1) is 11.3. The van der Waals surface area contributed by atoms with Crippen LogP contribution in [-0.4, -0.2) is 0 Å². The molecule has 3 rings (SSSR count). The predicted molar refractivity (Wildman–Crippen MR) is 96.4 cm³/mol. The molecule has 3 aromatic carbocycles. The molecule has 2 nitrogen and oxygen atoms in total. The molecule has 0 saturated carbocycles. The van der Waals surface area contributed by atoms with Gasteiger partial charge < -0.3 is 0 Å². The third kappa shape index (κ3) is 1.97. The van der Waals surface area contributed by atoms with Gasteiger partial charge in [0, 0.05) is 0 Å². The van der Waals surface area contributed by atoms with Crippen LogP contribution in [0.4, 0.5) is 0 Å². The average molecular weight is 314 g/mol. The van der Waals surface area contributed by atoms with Crippen molar-refractivity contribution in [2.24, 2.45) is 0 Å². The molecule has 23 heavy (non-hydrogen) atoms. The van der Waals surface area contributed by atoms with Gasteiger partial charge in [0.05, 0.1) is 0 Å². The minimum absolute atomic E-state index is 0.779. The third-order valence-electron chi connectivity index (χ3n) is 4.22. The maximum atomic E-state index is 10.4. The van der Waals surface area contributed by atoms with Gasteiger partial charge in [-0.25, -0.2) is 0 Å². The number of hydrogen-bond donors (Lipinski definition) is 0. The monoisotopic (exact) mass is 314 g/mol. The van der Waals surface area contributed by atoms with Crippen molar-refractivity contribution in [3.63, 3.8) is 0 Å². The predicted octanol–water partition coefficient (Wildman–Crippen LogP) is 3.48. The summed E-state index contributed by atoms with van der Waals surface area (Å²) >= 11 is 0. The van der Waals surface area contributed by atoms with Crippen LogP contribution in [0.2, 0.25) is 0 Å². The molecule has 0 aliphatic carbocycles. The van der Waals surface area contributed by atoms with Gasteiger partial charge in [0.1, 0.15) is 0 Å². The zero-order valence-corrected chi connectivity index (χ0v) is 13.4. The summed E-state index contributed by atoms with van der Waals surface area (Å²) in [6, 6.07) is 28.4. The summed E-state index contributed by atoms with van der Waals surface area (Å²) in [4.78, 5) is 0. The molecule has 0 saturated heterocycles. The quantitative estimate of drug-likeness (QED) is 0.695. The molecule has 0 fully saturated rings. The topological polar surface area (TPSA) is 47.6 Å². The molecule has 0 bridgehead atoms. The zero-order chi connectivity index (χ0) is 16.2. The Morgan fingerprint density at radius 1 is 0.478 bits per heavy atom. The van der Waals surface area contributed by atoms with Crippen molar-refractivity contribution < 1.29 is 0 Å². The molecular weight excluding hydrogens is 299 g/mol. The molecule has 0 N–H and O–H groups in total. The van der Waals surface area contributed by atoms with E-state index in [1.54, 1.807) is 0 Å². The van der Waals surface area contributed by atoms with Crippen molar-refractivity contribution in [1.29, 1.82) is 10.5 Å². The van der Waals surface area contributed by atoms with Crippen molar-refractivity contribution in [2.75, 3.05) is 0 Å². The van der Waals surface area contributed by atoms with E-state index in [-0.39, 0.29) is 0 Å². The second kappa shape index (κ2) is 5.69. The van der Waals surface area contributed by atoms with Gasteiger partial charge in [0.25, 0.3) is 0 Å². The van der Waals surface area contributed by atoms with Crippen LogP contribution in [-0.2, 0) is 0 Å². The van der Waals surface area contributed by atoms with Gasteiger partial charge in [-0.2, -0.15) is 0 Å². The van der Waals surface area contributed by atoms with Crippen LogP contribution >= 0.6 is 6.60 Å². The Bertz CT molecular complexity index is 774. The summed E-state index contributed by atoms with van der Waals surface area (Å²) < 4.78 is 0. The maximum absolute atomic E-state index is 10.4. The van der Waals surface area contributed by atoms with Crippen LogP contribution in [0.3, 0.4) is 0 Å². The molecule has 0 radical (unpaired) electrons. The SMILES string of the molecule is N#CP(C#N)(c1ccccc1)(c1ccccc1)c1ccccc1. The number of benzene rings is 3. The second-order valence-corrected chi connectivity index (χ2v) is 9.51. The van der Waals surface area contributed by atoms with Crippen molar-refractivity contribution in [2.45, 2.75) is 0 Å². The van der Waals surface area contributed by atoms with Gasteiger partial charge >= 0.3 is 136 Å². The van der Waals surface area contributed by atoms with Crippen LogP contribution in [0.15, 0.2) is 91.0 Å². The minimum atomic E-state index is -3.81. The number of nitrogens with zero attached hydrogens (tertiary/aromatic N) is 2. The fourth-order valence-electron chi connectivity index (χ4n) is 2.99. The zero-order valence-electron chi connectivity index (χ0n) is 12.5. The normalized spacial score (nSPS) is 12.3. The van der Waals surface area contributed by atoms with Gasteiger partial charge in [0.15, 0.2) is 0 Å². The summed E-state index contributed by atoms with van der Waals surface area (Å²) in [5.41, 5.74) is 0. The Kier molecular flexibility index (Phi) is 3.71. The number of hydrogen-bond acceptors (Lipinski definition) is 2. The summed E-state index contributed by atoms with van der Waals surface area (Å²) in [5.74, 6) is 4.99. The molecule has 0 heterocycles. The van der Waals surface area contributed by atoms with Gasteiger partial charge in [-0.1, -0.05) is 0 Å². The molecular formula is C20H15N2P. The van der Waals surface area contributed by atoms with Crippen molar-refractivity contribution in [3.8, 4) is 11.6 Å². The van der Waals surface area contributed by atoms with E-state index in [9.17, 15) is 10.5 Å². The van der Waals surface area contributed by atoms with Crippen LogP contribution in [0.25, 0.3) is 0 Å². The fraction of sp³-hybridized carbons (Fsp3) is 0. The summed E-state index contributed by atoms with van der Waals surface area (Å²) in [6.45, 7) is -3.81. The Morgan fingerprint density at radius 2 is 0.739 bits per heavy atom. The molecule has 0 aromatic heterocycles. The molecule has 0 atom stereocenters. The van der Waals surface area contributed by atoms with E-state index >= 15 is 0 Å². The van der Waals surface area contributed by atoms with E-state index < -0.39 is 6.60 Å². The van der Waals surface area contributed by atoms with Crippen LogP contribution < -0.4 is 15.9 Å². The Balaban J connectivity index is 2.54. The van der Waals surface area contributed by atoms with Crippen LogP contribution in [0.5, 0.6) is 0 Å². The van der Waals surface area contributed by atoms with Crippen molar-refractivity contribution in [1.82, 2.24) is 0 Å². The Labute approximate surface area is 136 Å². The van der Waals surface area contributed by atoms with Gasteiger partial charge in [0.2, 0.25) is 0 Å².